The quantitative estimate of drug-likeness (QED) is 0.815. The third-order valence-electron chi connectivity index (χ3n) is 2.99. The Balaban J connectivity index is 1.52. The van der Waals surface area contributed by atoms with Gasteiger partial charge >= 0.3 is 0 Å². The third kappa shape index (κ3) is 3.88. The van der Waals surface area contributed by atoms with Crippen LogP contribution < -0.4 is 10.6 Å². The van der Waals surface area contributed by atoms with E-state index in [4.69, 9.17) is 0 Å². The number of nitrogens with zero attached hydrogens (tertiary/aromatic N) is 1. The molecule has 0 atom stereocenters. The third-order valence-corrected chi connectivity index (χ3v) is 5.46. The van der Waals surface area contributed by atoms with Crippen molar-refractivity contribution in [1.29, 1.82) is 0 Å². The van der Waals surface area contributed by atoms with Crippen LogP contribution >= 0.6 is 38.6 Å². The second-order valence-electron chi connectivity index (χ2n) is 4.79. The van der Waals surface area contributed by atoms with E-state index >= 15 is 0 Å². The van der Waals surface area contributed by atoms with Gasteiger partial charge in [0.1, 0.15) is 0 Å². The van der Waals surface area contributed by atoms with Crippen LogP contribution in [0.25, 0.3) is 10.6 Å². The number of carbonyl (C=O) groups is 1. The van der Waals surface area contributed by atoms with Gasteiger partial charge in [0.15, 0.2) is 5.13 Å². The van der Waals surface area contributed by atoms with E-state index in [-0.39, 0.29) is 5.91 Å². The van der Waals surface area contributed by atoms with Crippen LogP contribution in [-0.2, 0) is 4.79 Å². The van der Waals surface area contributed by atoms with Gasteiger partial charge in [-0.15, -0.1) is 22.7 Å². The van der Waals surface area contributed by atoms with Crippen LogP contribution in [-0.4, -0.2) is 24.0 Å². The fourth-order valence-corrected chi connectivity index (χ4v) is 3.96. The molecule has 106 valence electrons. The number of thiazole rings is 1. The minimum absolute atomic E-state index is 0.0288. The largest absolute Gasteiger partial charge is 0.308 e. The normalized spacial score (nSPS) is 14.4. The molecule has 1 fully saturated rings. The minimum atomic E-state index is -0.0288. The van der Waals surface area contributed by atoms with Gasteiger partial charge in [0.05, 0.1) is 17.1 Å². The molecule has 2 aromatic heterocycles. The maximum absolute atomic E-state index is 11.8. The second-order valence-corrected chi connectivity index (χ2v) is 7.47. The lowest BCUT2D eigenvalue weighted by atomic mass is 10.4. The summed E-state index contributed by atoms with van der Waals surface area (Å²) in [6.07, 6.45) is 2.58. The Hall–Kier alpha value is -0.760. The maximum Gasteiger partial charge on any atom is 0.240 e. The van der Waals surface area contributed by atoms with E-state index in [0.717, 1.165) is 27.5 Å². The van der Waals surface area contributed by atoms with Gasteiger partial charge in [-0.05, 0) is 47.3 Å². The van der Waals surface area contributed by atoms with Gasteiger partial charge < -0.3 is 10.6 Å². The summed E-state index contributed by atoms with van der Waals surface area (Å²) >= 11 is 6.52. The van der Waals surface area contributed by atoms with Gasteiger partial charge in [-0.1, -0.05) is 0 Å². The Morgan fingerprint density at radius 1 is 1.40 bits per heavy atom. The molecular formula is C13H14BrN3OS2. The van der Waals surface area contributed by atoms with Gasteiger partial charge in [-0.25, -0.2) is 4.98 Å². The summed E-state index contributed by atoms with van der Waals surface area (Å²) in [6.45, 7) is 1.30. The van der Waals surface area contributed by atoms with Crippen molar-refractivity contribution in [2.24, 2.45) is 5.92 Å². The summed E-state index contributed by atoms with van der Waals surface area (Å²) in [5, 5.41) is 10.6. The van der Waals surface area contributed by atoms with E-state index < -0.39 is 0 Å². The van der Waals surface area contributed by atoms with Gasteiger partial charge in [-0.3, -0.25) is 4.79 Å². The number of hydrogen-bond acceptors (Lipinski definition) is 5. The molecule has 1 aliphatic rings. The fraction of sp³-hybridized carbons (Fsp3) is 0.385. The highest BCUT2D eigenvalue weighted by atomic mass is 79.9. The molecule has 1 aliphatic carbocycles. The highest BCUT2D eigenvalue weighted by Crippen LogP contribution is 2.32. The van der Waals surface area contributed by atoms with Crippen LogP contribution in [0.4, 0.5) is 5.13 Å². The van der Waals surface area contributed by atoms with E-state index in [1.807, 2.05) is 16.8 Å². The molecule has 0 spiro atoms. The molecule has 2 N–H and O–H groups in total. The molecule has 0 saturated heterocycles. The number of anilines is 1. The molecule has 0 unspecified atom stereocenters. The van der Waals surface area contributed by atoms with Crippen LogP contribution in [0.1, 0.15) is 12.8 Å². The summed E-state index contributed by atoms with van der Waals surface area (Å²) in [4.78, 5) is 17.3. The van der Waals surface area contributed by atoms with Gasteiger partial charge in [0, 0.05) is 15.2 Å². The lowest BCUT2D eigenvalue weighted by molar-refractivity contribution is -0.115. The highest BCUT2D eigenvalue weighted by Gasteiger charge is 2.20. The van der Waals surface area contributed by atoms with Crippen molar-refractivity contribution in [3.63, 3.8) is 0 Å². The van der Waals surface area contributed by atoms with Crippen LogP contribution in [0.2, 0.25) is 0 Å². The van der Waals surface area contributed by atoms with Gasteiger partial charge in [0.25, 0.3) is 0 Å². The highest BCUT2D eigenvalue weighted by molar-refractivity contribution is 9.10. The van der Waals surface area contributed by atoms with Crippen molar-refractivity contribution >= 4 is 49.6 Å². The SMILES string of the molecule is O=C(CNCC1CC1)Nc1nc(-c2cc(Br)cs2)cs1. The zero-order chi connectivity index (χ0) is 13.9. The minimum Gasteiger partial charge on any atom is -0.308 e. The average molecular weight is 372 g/mol. The number of aromatic nitrogens is 1. The number of rotatable bonds is 6. The van der Waals surface area contributed by atoms with Crippen molar-refractivity contribution in [3.8, 4) is 10.6 Å². The lowest BCUT2D eigenvalue weighted by Gasteiger charge is -2.03. The van der Waals surface area contributed by atoms with Gasteiger partial charge in [0.2, 0.25) is 5.91 Å². The van der Waals surface area contributed by atoms with E-state index in [2.05, 4.69) is 31.5 Å². The predicted octanol–water partition coefficient (Wildman–Crippen LogP) is 3.57. The topological polar surface area (TPSA) is 54.0 Å². The van der Waals surface area contributed by atoms with Crippen LogP contribution in [0.15, 0.2) is 21.3 Å². The van der Waals surface area contributed by atoms with Crippen molar-refractivity contribution in [1.82, 2.24) is 10.3 Å². The van der Waals surface area contributed by atoms with Crippen LogP contribution in [0.5, 0.6) is 0 Å². The van der Waals surface area contributed by atoms with Crippen molar-refractivity contribution < 1.29 is 4.79 Å². The molecule has 0 radical (unpaired) electrons. The molecular weight excluding hydrogens is 358 g/mol. The monoisotopic (exact) mass is 371 g/mol. The smallest absolute Gasteiger partial charge is 0.240 e. The van der Waals surface area contributed by atoms with E-state index in [1.165, 1.54) is 24.2 Å². The van der Waals surface area contributed by atoms with E-state index in [0.29, 0.717) is 11.7 Å². The first-order valence-corrected chi connectivity index (χ1v) is 8.96. The van der Waals surface area contributed by atoms with Crippen molar-refractivity contribution in [3.05, 3.63) is 21.3 Å². The van der Waals surface area contributed by atoms with Crippen molar-refractivity contribution in [2.75, 3.05) is 18.4 Å². The molecule has 1 saturated carbocycles. The molecule has 0 bridgehead atoms. The predicted molar refractivity (Wildman–Crippen MR) is 87.4 cm³/mol. The standard InChI is InChI=1S/C13H14BrN3OS2/c14-9-3-11(19-6-9)10-7-20-13(16-10)17-12(18)5-15-4-8-1-2-8/h3,6-8,15H,1-2,4-5H2,(H,16,17,18). The molecule has 3 rings (SSSR count). The Kier molecular flexibility index (Phi) is 4.50. The molecule has 2 heterocycles. The average Bonchev–Trinajstić information content (AvgIpc) is 2.94. The summed E-state index contributed by atoms with van der Waals surface area (Å²) in [7, 11) is 0. The van der Waals surface area contributed by atoms with E-state index in [9.17, 15) is 4.79 Å². The summed E-state index contributed by atoms with van der Waals surface area (Å²) < 4.78 is 1.06. The van der Waals surface area contributed by atoms with E-state index in [1.54, 1.807) is 11.3 Å². The fourth-order valence-electron chi connectivity index (χ4n) is 1.77. The number of amides is 1. The molecule has 1 amide bonds. The molecule has 0 aliphatic heterocycles. The maximum atomic E-state index is 11.8. The first-order valence-electron chi connectivity index (χ1n) is 6.41. The Morgan fingerprint density at radius 3 is 2.95 bits per heavy atom. The number of halogens is 1. The first-order chi connectivity index (χ1) is 9.70. The molecule has 7 heteroatoms. The Morgan fingerprint density at radius 2 is 2.25 bits per heavy atom. The number of nitrogens with one attached hydrogen (secondary N) is 2. The Labute approximate surface area is 133 Å². The number of hydrogen-bond donors (Lipinski definition) is 2. The molecule has 2 aromatic rings. The van der Waals surface area contributed by atoms with Crippen molar-refractivity contribution in [2.45, 2.75) is 12.8 Å². The van der Waals surface area contributed by atoms with Crippen LogP contribution in [0, 0.1) is 5.92 Å². The Bertz CT molecular complexity index is 606. The summed E-state index contributed by atoms with van der Waals surface area (Å²) in [6, 6.07) is 2.03. The number of carbonyl (C=O) groups excluding carboxylic acids is 1. The molecule has 0 aromatic carbocycles. The zero-order valence-electron chi connectivity index (χ0n) is 10.7. The molecule has 4 nitrogen and oxygen atoms in total. The van der Waals surface area contributed by atoms with Crippen LogP contribution in [0.3, 0.4) is 0 Å². The number of thiophene rings is 1. The second kappa shape index (κ2) is 6.34. The zero-order valence-corrected chi connectivity index (χ0v) is 13.9. The molecule has 20 heavy (non-hydrogen) atoms. The summed E-state index contributed by atoms with van der Waals surface area (Å²) in [5.74, 6) is 0.755. The van der Waals surface area contributed by atoms with Gasteiger partial charge in [-0.2, -0.15) is 0 Å². The lowest BCUT2D eigenvalue weighted by Crippen LogP contribution is -2.29. The first kappa shape index (κ1) is 14.2. The summed E-state index contributed by atoms with van der Waals surface area (Å²) in [5.41, 5.74) is 0.909.